The van der Waals surface area contributed by atoms with E-state index in [0.717, 1.165) is 25.3 Å². The fourth-order valence-electron chi connectivity index (χ4n) is 2.17. The van der Waals surface area contributed by atoms with E-state index in [0.29, 0.717) is 12.4 Å². The third-order valence-electron chi connectivity index (χ3n) is 3.15. The van der Waals surface area contributed by atoms with E-state index in [1.54, 1.807) is 19.4 Å². The molecule has 1 aliphatic heterocycles. The van der Waals surface area contributed by atoms with Gasteiger partial charge in [0.15, 0.2) is 0 Å². The summed E-state index contributed by atoms with van der Waals surface area (Å²) in [4.78, 5) is 6.41. The van der Waals surface area contributed by atoms with Crippen molar-refractivity contribution in [2.45, 2.75) is 18.9 Å². The van der Waals surface area contributed by atoms with Crippen LogP contribution in [0.5, 0.6) is 5.88 Å². The predicted octanol–water partition coefficient (Wildman–Crippen LogP) is 0.959. The van der Waals surface area contributed by atoms with Crippen LogP contribution in [0.3, 0.4) is 0 Å². The van der Waals surface area contributed by atoms with Gasteiger partial charge in [0.2, 0.25) is 5.88 Å². The van der Waals surface area contributed by atoms with Gasteiger partial charge in [-0.3, -0.25) is 0 Å². The molecule has 1 fully saturated rings. The lowest BCUT2D eigenvalue weighted by molar-refractivity contribution is 0.135. The Balaban J connectivity index is 1.72. The topological polar surface area (TPSA) is 57.6 Å². The van der Waals surface area contributed by atoms with Crippen molar-refractivity contribution in [1.82, 2.24) is 9.88 Å². The van der Waals surface area contributed by atoms with Gasteiger partial charge in [-0.2, -0.15) is 0 Å². The number of rotatable bonds is 6. The molecule has 0 amide bonds. The van der Waals surface area contributed by atoms with E-state index >= 15 is 0 Å². The zero-order valence-electron chi connectivity index (χ0n) is 10.8. The summed E-state index contributed by atoms with van der Waals surface area (Å²) in [6.45, 7) is 3.52. The molecule has 5 heteroatoms. The van der Waals surface area contributed by atoms with Crippen molar-refractivity contribution in [2.75, 3.05) is 38.6 Å². The number of nitrogens with zero attached hydrogens (tertiary/aromatic N) is 2. The molecule has 1 aromatic heterocycles. The quantitative estimate of drug-likeness (QED) is 0.788. The lowest BCUT2D eigenvalue weighted by atomic mass is 10.3. The number of aliphatic hydroxyl groups is 1. The minimum atomic E-state index is -0.342. The number of aromatic nitrogens is 1. The zero-order chi connectivity index (χ0) is 12.8. The minimum absolute atomic E-state index is 0.342. The highest BCUT2D eigenvalue weighted by atomic mass is 16.5. The van der Waals surface area contributed by atoms with Gasteiger partial charge >= 0.3 is 0 Å². The summed E-state index contributed by atoms with van der Waals surface area (Å²) in [7, 11) is 1.59. The minimum Gasteiger partial charge on any atom is -0.481 e. The second-order valence-electron chi connectivity index (χ2n) is 4.63. The molecule has 2 rings (SSSR count). The number of hydrogen-bond donors (Lipinski definition) is 2. The van der Waals surface area contributed by atoms with Crippen molar-refractivity contribution >= 4 is 5.69 Å². The highest BCUT2D eigenvalue weighted by Crippen LogP contribution is 2.11. The Bertz CT molecular complexity index is 350. The molecule has 0 spiro atoms. The Morgan fingerprint density at radius 1 is 1.44 bits per heavy atom. The third kappa shape index (κ3) is 3.85. The molecule has 18 heavy (non-hydrogen) atoms. The van der Waals surface area contributed by atoms with Crippen molar-refractivity contribution in [1.29, 1.82) is 0 Å². The smallest absolute Gasteiger partial charge is 0.213 e. The molecule has 1 aromatic rings. The first kappa shape index (κ1) is 13.1. The molecule has 0 radical (unpaired) electrons. The Morgan fingerprint density at radius 2 is 2.22 bits per heavy atom. The summed E-state index contributed by atoms with van der Waals surface area (Å²) in [5, 5.41) is 13.1. The largest absolute Gasteiger partial charge is 0.481 e. The van der Waals surface area contributed by atoms with E-state index in [9.17, 15) is 5.11 Å². The Kier molecular flexibility index (Phi) is 4.78. The Morgan fingerprint density at radius 3 is 2.83 bits per heavy atom. The number of β-amino-alcohol motifs (C(OH)–C–C–N with tert-alkyl or cyclic N) is 1. The normalized spacial score (nSPS) is 17.7. The summed E-state index contributed by atoms with van der Waals surface area (Å²) in [6, 6.07) is 3.70. The van der Waals surface area contributed by atoms with Crippen molar-refractivity contribution < 1.29 is 9.84 Å². The number of anilines is 1. The third-order valence-corrected chi connectivity index (χ3v) is 3.15. The monoisotopic (exact) mass is 251 g/mol. The number of pyridine rings is 1. The first-order valence-electron chi connectivity index (χ1n) is 6.42. The van der Waals surface area contributed by atoms with Crippen LogP contribution in [-0.2, 0) is 0 Å². The van der Waals surface area contributed by atoms with Crippen LogP contribution < -0.4 is 10.1 Å². The molecule has 0 bridgehead atoms. The maximum absolute atomic E-state index is 9.92. The van der Waals surface area contributed by atoms with Crippen molar-refractivity contribution in [2.24, 2.45) is 0 Å². The maximum atomic E-state index is 9.92. The number of ether oxygens (including phenoxy) is 1. The molecule has 1 aliphatic rings. The predicted molar refractivity (Wildman–Crippen MR) is 71.0 cm³/mol. The van der Waals surface area contributed by atoms with Crippen LogP contribution in [-0.4, -0.2) is 54.4 Å². The van der Waals surface area contributed by atoms with Gasteiger partial charge in [0.25, 0.3) is 0 Å². The van der Waals surface area contributed by atoms with E-state index < -0.39 is 0 Å². The van der Waals surface area contributed by atoms with Crippen molar-refractivity contribution in [3.8, 4) is 5.88 Å². The van der Waals surface area contributed by atoms with Gasteiger partial charge in [-0.25, -0.2) is 4.98 Å². The summed E-state index contributed by atoms with van der Waals surface area (Å²) >= 11 is 0. The van der Waals surface area contributed by atoms with Crippen LogP contribution >= 0.6 is 0 Å². The van der Waals surface area contributed by atoms with E-state index in [4.69, 9.17) is 4.74 Å². The summed E-state index contributed by atoms with van der Waals surface area (Å²) in [5.41, 5.74) is 0.899. The average Bonchev–Trinajstić information content (AvgIpc) is 2.90. The first-order valence-corrected chi connectivity index (χ1v) is 6.42. The second kappa shape index (κ2) is 6.56. The molecule has 0 aromatic carbocycles. The summed E-state index contributed by atoms with van der Waals surface area (Å²) in [6.07, 6.45) is 3.87. The zero-order valence-corrected chi connectivity index (χ0v) is 10.8. The highest BCUT2D eigenvalue weighted by Gasteiger charge is 2.15. The fourth-order valence-corrected chi connectivity index (χ4v) is 2.17. The number of methoxy groups -OCH3 is 1. The average molecular weight is 251 g/mol. The van der Waals surface area contributed by atoms with Gasteiger partial charge in [0.1, 0.15) is 0 Å². The van der Waals surface area contributed by atoms with Crippen LogP contribution in [0, 0.1) is 0 Å². The molecule has 1 atom stereocenters. The van der Waals surface area contributed by atoms with Crippen molar-refractivity contribution in [3.63, 3.8) is 0 Å². The molecule has 1 saturated heterocycles. The molecule has 2 N–H and O–H groups in total. The molecule has 100 valence electrons. The molecular formula is C13H21N3O2. The van der Waals surface area contributed by atoms with Crippen LogP contribution in [0.15, 0.2) is 18.3 Å². The highest BCUT2D eigenvalue weighted by molar-refractivity contribution is 5.42. The lowest BCUT2D eigenvalue weighted by Gasteiger charge is -2.19. The van der Waals surface area contributed by atoms with E-state index in [2.05, 4.69) is 15.2 Å². The first-order chi connectivity index (χ1) is 8.78. The van der Waals surface area contributed by atoms with E-state index in [-0.39, 0.29) is 6.10 Å². The second-order valence-corrected chi connectivity index (χ2v) is 4.63. The fraction of sp³-hybridized carbons (Fsp3) is 0.615. The van der Waals surface area contributed by atoms with Crippen LogP contribution in [0.4, 0.5) is 5.69 Å². The maximum Gasteiger partial charge on any atom is 0.213 e. The number of nitrogens with one attached hydrogen (secondary N) is 1. The lowest BCUT2D eigenvalue weighted by Crippen LogP contribution is -2.34. The molecule has 5 nitrogen and oxygen atoms in total. The van der Waals surface area contributed by atoms with Crippen LogP contribution in [0.2, 0.25) is 0 Å². The van der Waals surface area contributed by atoms with Crippen LogP contribution in [0.25, 0.3) is 0 Å². The molecule has 0 aliphatic carbocycles. The van der Waals surface area contributed by atoms with E-state index in [1.165, 1.54) is 12.8 Å². The molecular weight excluding hydrogens is 230 g/mol. The number of hydrogen-bond acceptors (Lipinski definition) is 5. The van der Waals surface area contributed by atoms with Crippen molar-refractivity contribution in [3.05, 3.63) is 18.3 Å². The Labute approximate surface area is 108 Å². The standard InChI is InChI=1S/C13H21N3O2/c1-18-13-5-4-11(8-15-13)14-9-12(17)10-16-6-2-3-7-16/h4-5,8,12,14,17H,2-3,6-7,9-10H2,1H3. The van der Waals surface area contributed by atoms with Gasteiger partial charge in [-0.05, 0) is 32.0 Å². The van der Waals surface area contributed by atoms with Crippen LogP contribution in [0.1, 0.15) is 12.8 Å². The summed E-state index contributed by atoms with van der Waals surface area (Å²) < 4.78 is 4.99. The SMILES string of the molecule is COc1ccc(NCC(O)CN2CCCC2)cn1. The number of likely N-dealkylation sites (tertiary alicyclic amines) is 1. The van der Waals surface area contributed by atoms with Gasteiger partial charge in [-0.15, -0.1) is 0 Å². The Hall–Kier alpha value is -1.33. The van der Waals surface area contributed by atoms with Gasteiger partial charge < -0.3 is 20.1 Å². The van der Waals surface area contributed by atoms with Gasteiger partial charge in [0, 0.05) is 19.2 Å². The van der Waals surface area contributed by atoms with Gasteiger partial charge in [-0.1, -0.05) is 0 Å². The molecule has 2 heterocycles. The van der Waals surface area contributed by atoms with Gasteiger partial charge in [0.05, 0.1) is 25.1 Å². The summed E-state index contributed by atoms with van der Waals surface area (Å²) in [5.74, 6) is 0.596. The molecule has 1 unspecified atom stereocenters. The number of aliphatic hydroxyl groups excluding tert-OH is 1. The van der Waals surface area contributed by atoms with E-state index in [1.807, 2.05) is 6.07 Å². The molecule has 0 saturated carbocycles.